The van der Waals surface area contributed by atoms with Crippen molar-refractivity contribution in [1.29, 1.82) is 0 Å². The highest BCUT2D eigenvalue weighted by atomic mass is 31.2. The molecule has 82 valence electrons. The van der Waals surface area contributed by atoms with Gasteiger partial charge in [0.2, 0.25) is 0 Å². The van der Waals surface area contributed by atoms with E-state index in [1.807, 2.05) is 0 Å². The summed E-state index contributed by atoms with van der Waals surface area (Å²) < 4.78 is 15.0. The minimum atomic E-state index is -2.16. The molecule has 2 atom stereocenters. The minimum Gasteiger partial charge on any atom is -0.306 e. The van der Waals surface area contributed by atoms with Gasteiger partial charge in [0.05, 0.1) is 0 Å². The number of allylic oxidation sites excluding steroid dienone is 2. The Hall–Kier alpha value is -0.0700. The van der Waals surface area contributed by atoms with Gasteiger partial charge in [0.25, 0.3) is 0 Å². The largest absolute Gasteiger partial charge is 0.306 e. The van der Waals surface area contributed by atoms with Crippen molar-refractivity contribution in [3.63, 3.8) is 0 Å². The molecule has 0 aromatic rings. The van der Waals surface area contributed by atoms with E-state index in [4.69, 9.17) is 0 Å². The van der Waals surface area contributed by atoms with Crippen molar-refractivity contribution in [2.45, 2.75) is 52.4 Å². The lowest BCUT2D eigenvalue weighted by molar-refractivity contribution is 0.299. The Morgan fingerprint density at radius 2 is 1.79 bits per heavy atom. The van der Waals surface area contributed by atoms with Crippen LogP contribution < -0.4 is 0 Å². The van der Waals surface area contributed by atoms with Crippen LogP contribution in [0.15, 0.2) is 12.2 Å². The summed E-state index contributed by atoms with van der Waals surface area (Å²) in [5.74, 6) is 0. The van der Waals surface area contributed by atoms with Crippen LogP contribution in [0, 0.1) is 0 Å². The molecule has 0 bridgehead atoms. The Kier molecular flexibility index (Phi) is 3.60. The van der Waals surface area contributed by atoms with Crippen LogP contribution in [0.25, 0.3) is 0 Å². The van der Waals surface area contributed by atoms with E-state index in [-0.39, 0.29) is 5.66 Å². The van der Waals surface area contributed by atoms with E-state index in [2.05, 4.69) is 51.4 Å². The lowest BCUT2D eigenvalue weighted by Crippen LogP contribution is -2.36. The standard InChI is InChI=1S/C11H22NOP/c1-9(2)12(10(3)4)14(13)8-6-7-11(14)5/h6-7,9-11H,8H2,1-5H3/t11-,14-/m1/s1. The fourth-order valence-corrected chi connectivity index (χ4v) is 5.71. The minimum absolute atomic E-state index is 0.229. The van der Waals surface area contributed by atoms with E-state index >= 15 is 0 Å². The van der Waals surface area contributed by atoms with Crippen molar-refractivity contribution in [1.82, 2.24) is 4.67 Å². The molecule has 0 aromatic carbocycles. The average Bonchev–Trinajstić information content (AvgIpc) is 2.30. The first-order valence-electron chi connectivity index (χ1n) is 5.44. The Morgan fingerprint density at radius 3 is 2.07 bits per heavy atom. The third-order valence-corrected chi connectivity index (χ3v) is 6.75. The third kappa shape index (κ3) is 1.97. The van der Waals surface area contributed by atoms with Crippen LogP contribution in [0.5, 0.6) is 0 Å². The molecular weight excluding hydrogens is 193 g/mol. The van der Waals surface area contributed by atoms with Gasteiger partial charge in [-0.15, -0.1) is 0 Å². The molecule has 0 fully saturated rings. The van der Waals surface area contributed by atoms with Crippen molar-refractivity contribution in [3.8, 4) is 0 Å². The zero-order valence-electron chi connectivity index (χ0n) is 9.90. The lowest BCUT2D eigenvalue weighted by atomic mass is 10.3. The molecule has 0 spiro atoms. The lowest BCUT2D eigenvalue weighted by Gasteiger charge is -2.38. The average molecular weight is 215 g/mol. The highest BCUT2D eigenvalue weighted by Crippen LogP contribution is 2.59. The van der Waals surface area contributed by atoms with Crippen LogP contribution in [-0.4, -0.2) is 28.6 Å². The van der Waals surface area contributed by atoms with Gasteiger partial charge in [-0.05, 0) is 27.7 Å². The fourth-order valence-electron chi connectivity index (χ4n) is 2.39. The first kappa shape index (κ1) is 12.0. The topological polar surface area (TPSA) is 20.3 Å². The summed E-state index contributed by atoms with van der Waals surface area (Å²) in [6.07, 6.45) is 4.92. The van der Waals surface area contributed by atoms with E-state index in [0.29, 0.717) is 12.1 Å². The Labute approximate surface area is 87.8 Å². The normalized spacial score (nSPS) is 32.4. The molecule has 0 aromatic heterocycles. The van der Waals surface area contributed by atoms with Gasteiger partial charge in [-0.1, -0.05) is 19.1 Å². The van der Waals surface area contributed by atoms with E-state index in [1.165, 1.54) is 0 Å². The quantitative estimate of drug-likeness (QED) is 0.531. The maximum Gasteiger partial charge on any atom is 0.160 e. The van der Waals surface area contributed by atoms with Gasteiger partial charge in [0.15, 0.2) is 7.29 Å². The zero-order chi connectivity index (χ0) is 10.9. The maximum atomic E-state index is 12.8. The molecule has 0 aliphatic carbocycles. The van der Waals surface area contributed by atoms with Gasteiger partial charge in [0.1, 0.15) is 0 Å². The summed E-state index contributed by atoms with van der Waals surface area (Å²) in [7, 11) is -2.16. The van der Waals surface area contributed by atoms with E-state index < -0.39 is 7.29 Å². The van der Waals surface area contributed by atoms with Crippen molar-refractivity contribution >= 4 is 7.29 Å². The molecule has 0 unspecified atom stereocenters. The van der Waals surface area contributed by atoms with Gasteiger partial charge in [-0.3, -0.25) is 0 Å². The van der Waals surface area contributed by atoms with Gasteiger partial charge in [0, 0.05) is 23.9 Å². The first-order valence-corrected chi connectivity index (χ1v) is 7.35. The highest BCUT2D eigenvalue weighted by Gasteiger charge is 2.39. The molecule has 1 aliphatic rings. The monoisotopic (exact) mass is 215 g/mol. The van der Waals surface area contributed by atoms with Gasteiger partial charge >= 0.3 is 0 Å². The molecule has 2 nitrogen and oxygen atoms in total. The van der Waals surface area contributed by atoms with Gasteiger partial charge in [-0.25, -0.2) is 4.67 Å². The summed E-state index contributed by atoms with van der Waals surface area (Å²) in [6, 6.07) is 0.728. The molecule has 1 rings (SSSR count). The number of nitrogens with zero attached hydrogens (tertiary/aromatic N) is 1. The predicted molar refractivity (Wildman–Crippen MR) is 63.2 cm³/mol. The van der Waals surface area contributed by atoms with E-state index in [9.17, 15) is 4.57 Å². The second-order valence-electron chi connectivity index (χ2n) is 4.67. The Morgan fingerprint density at radius 1 is 1.29 bits per heavy atom. The van der Waals surface area contributed by atoms with Crippen LogP contribution in [0.3, 0.4) is 0 Å². The number of hydrogen-bond donors (Lipinski definition) is 0. The predicted octanol–water partition coefficient (Wildman–Crippen LogP) is 3.34. The summed E-state index contributed by atoms with van der Waals surface area (Å²) in [4.78, 5) is 0. The molecule has 0 radical (unpaired) electrons. The molecule has 0 saturated heterocycles. The zero-order valence-corrected chi connectivity index (χ0v) is 10.8. The van der Waals surface area contributed by atoms with Gasteiger partial charge < -0.3 is 4.57 Å². The van der Waals surface area contributed by atoms with Crippen LogP contribution in [-0.2, 0) is 4.57 Å². The molecule has 0 N–H and O–H groups in total. The van der Waals surface area contributed by atoms with E-state index in [1.54, 1.807) is 0 Å². The Bertz CT molecular complexity index is 262. The molecule has 0 saturated carbocycles. The van der Waals surface area contributed by atoms with Crippen molar-refractivity contribution in [2.24, 2.45) is 0 Å². The first-order chi connectivity index (χ1) is 6.39. The number of rotatable bonds is 3. The second-order valence-corrected chi connectivity index (χ2v) is 7.83. The van der Waals surface area contributed by atoms with Crippen LogP contribution in [0.1, 0.15) is 34.6 Å². The summed E-state index contributed by atoms with van der Waals surface area (Å²) >= 11 is 0. The smallest absolute Gasteiger partial charge is 0.160 e. The van der Waals surface area contributed by atoms with Crippen LogP contribution in [0.4, 0.5) is 0 Å². The van der Waals surface area contributed by atoms with Crippen LogP contribution in [0.2, 0.25) is 0 Å². The molecule has 0 amide bonds. The molecular formula is C11H22NOP. The molecule has 14 heavy (non-hydrogen) atoms. The van der Waals surface area contributed by atoms with Gasteiger partial charge in [-0.2, -0.15) is 0 Å². The summed E-state index contributed by atoms with van der Waals surface area (Å²) in [5, 5.41) is 0. The highest BCUT2D eigenvalue weighted by molar-refractivity contribution is 7.63. The Balaban J connectivity index is 2.94. The SMILES string of the molecule is CC(C)N(C(C)C)[P@@]1(=O)CC=C[C@H]1C. The summed E-state index contributed by atoms with van der Waals surface area (Å²) in [6.45, 7) is 10.6. The summed E-state index contributed by atoms with van der Waals surface area (Å²) in [5.41, 5.74) is 0.229. The van der Waals surface area contributed by atoms with Crippen molar-refractivity contribution < 1.29 is 4.57 Å². The van der Waals surface area contributed by atoms with Crippen molar-refractivity contribution in [3.05, 3.63) is 12.2 Å². The van der Waals surface area contributed by atoms with Crippen molar-refractivity contribution in [2.75, 3.05) is 6.16 Å². The maximum absolute atomic E-state index is 12.8. The van der Waals surface area contributed by atoms with E-state index in [0.717, 1.165) is 6.16 Å². The van der Waals surface area contributed by atoms with Crippen LogP contribution >= 0.6 is 7.29 Å². The second kappa shape index (κ2) is 4.20. The molecule has 1 heterocycles. The third-order valence-electron chi connectivity index (χ3n) is 2.87. The molecule has 3 heteroatoms. The fraction of sp³-hybridized carbons (Fsp3) is 0.818. The number of hydrogen-bond acceptors (Lipinski definition) is 1. The molecule has 1 aliphatic heterocycles.